The van der Waals surface area contributed by atoms with Crippen LogP contribution < -0.4 is 5.32 Å². The standard InChI is InChI=1S/C20H25N3O/c1-15-11-16(2)13-18(12-15)20(24)22-19-5-9-23(10-6-19)14-17-3-7-21-8-4-17/h3-4,7-8,11-13,19H,5-6,9-10,14H2,1-2H3,(H,22,24). The van der Waals surface area contributed by atoms with Crippen LogP contribution in [-0.2, 0) is 6.54 Å². The Labute approximate surface area is 143 Å². The molecule has 0 spiro atoms. The highest BCUT2D eigenvalue weighted by Gasteiger charge is 2.21. The third kappa shape index (κ3) is 4.42. The maximum absolute atomic E-state index is 12.5. The predicted octanol–water partition coefficient (Wildman–Crippen LogP) is 3.09. The molecule has 2 aromatic rings. The second kappa shape index (κ2) is 7.58. The van der Waals surface area contributed by atoms with Crippen LogP contribution in [0.4, 0.5) is 0 Å². The molecule has 0 saturated carbocycles. The van der Waals surface area contributed by atoms with Crippen LogP contribution in [0, 0.1) is 13.8 Å². The summed E-state index contributed by atoms with van der Waals surface area (Å²) in [6, 6.07) is 10.4. The number of hydrogen-bond donors (Lipinski definition) is 1. The Morgan fingerprint density at radius 3 is 2.38 bits per heavy atom. The second-order valence-corrected chi connectivity index (χ2v) is 6.76. The molecule has 3 rings (SSSR count). The molecule has 1 fully saturated rings. The van der Waals surface area contributed by atoms with Gasteiger partial charge in [0, 0.05) is 43.6 Å². The number of amides is 1. The number of nitrogens with one attached hydrogen (secondary N) is 1. The molecule has 0 unspecified atom stereocenters. The topological polar surface area (TPSA) is 45.2 Å². The predicted molar refractivity (Wildman–Crippen MR) is 95.9 cm³/mol. The molecule has 0 atom stereocenters. The zero-order valence-electron chi connectivity index (χ0n) is 14.5. The fourth-order valence-corrected chi connectivity index (χ4v) is 3.36. The van der Waals surface area contributed by atoms with Gasteiger partial charge in [-0.3, -0.25) is 14.7 Å². The number of carbonyl (C=O) groups is 1. The average Bonchev–Trinajstić information content (AvgIpc) is 2.57. The van der Waals surface area contributed by atoms with Gasteiger partial charge < -0.3 is 5.32 Å². The van der Waals surface area contributed by atoms with Gasteiger partial charge in [0.1, 0.15) is 0 Å². The van der Waals surface area contributed by atoms with E-state index in [0.29, 0.717) is 0 Å². The van der Waals surface area contributed by atoms with Crippen LogP contribution in [0.2, 0.25) is 0 Å². The molecule has 0 bridgehead atoms. The summed E-state index contributed by atoms with van der Waals surface area (Å²) < 4.78 is 0. The van der Waals surface area contributed by atoms with E-state index >= 15 is 0 Å². The first-order valence-corrected chi connectivity index (χ1v) is 8.60. The van der Waals surface area contributed by atoms with Crippen molar-refractivity contribution < 1.29 is 4.79 Å². The summed E-state index contributed by atoms with van der Waals surface area (Å²) in [4.78, 5) is 19.0. The number of rotatable bonds is 4. The molecule has 24 heavy (non-hydrogen) atoms. The third-order valence-corrected chi connectivity index (χ3v) is 4.56. The molecular formula is C20H25N3O. The first-order valence-electron chi connectivity index (χ1n) is 8.60. The number of aromatic nitrogens is 1. The Hall–Kier alpha value is -2.20. The summed E-state index contributed by atoms with van der Waals surface area (Å²) in [6.07, 6.45) is 5.68. The Morgan fingerprint density at radius 1 is 1.12 bits per heavy atom. The van der Waals surface area contributed by atoms with E-state index in [9.17, 15) is 4.79 Å². The van der Waals surface area contributed by atoms with Gasteiger partial charge in [-0.2, -0.15) is 0 Å². The van der Waals surface area contributed by atoms with Crippen LogP contribution in [0.1, 0.15) is 39.9 Å². The van der Waals surface area contributed by atoms with Gasteiger partial charge >= 0.3 is 0 Å². The SMILES string of the molecule is Cc1cc(C)cc(C(=O)NC2CCN(Cc3ccncc3)CC2)c1. The molecule has 2 heterocycles. The van der Waals surface area contributed by atoms with Crippen LogP contribution >= 0.6 is 0 Å². The van der Waals surface area contributed by atoms with Gasteiger partial charge in [0.05, 0.1) is 0 Å². The van der Waals surface area contributed by atoms with Crippen LogP contribution in [0.3, 0.4) is 0 Å². The molecule has 4 nitrogen and oxygen atoms in total. The Bertz CT molecular complexity index is 671. The number of pyridine rings is 1. The molecule has 1 aliphatic rings. The molecule has 1 aromatic carbocycles. The van der Waals surface area contributed by atoms with Crippen molar-refractivity contribution in [1.82, 2.24) is 15.2 Å². The maximum Gasteiger partial charge on any atom is 0.251 e. The number of piperidine rings is 1. The summed E-state index contributed by atoms with van der Waals surface area (Å²) in [5, 5.41) is 3.20. The fraction of sp³-hybridized carbons (Fsp3) is 0.400. The van der Waals surface area contributed by atoms with Crippen molar-refractivity contribution in [2.45, 2.75) is 39.3 Å². The molecule has 1 aromatic heterocycles. The lowest BCUT2D eigenvalue weighted by Gasteiger charge is -2.32. The minimum atomic E-state index is 0.0504. The van der Waals surface area contributed by atoms with Gasteiger partial charge in [-0.25, -0.2) is 0 Å². The molecule has 126 valence electrons. The summed E-state index contributed by atoms with van der Waals surface area (Å²) >= 11 is 0. The monoisotopic (exact) mass is 323 g/mol. The molecule has 4 heteroatoms. The number of likely N-dealkylation sites (tertiary alicyclic amines) is 1. The van der Waals surface area contributed by atoms with Crippen molar-refractivity contribution in [3.8, 4) is 0 Å². The van der Waals surface area contributed by atoms with Crippen molar-refractivity contribution in [2.75, 3.05) is 13.1 Å². The van der Waals surface area contributed by atoms with Gasteiger partial charge in [-0.15, -0.1) is 0 Å². The van der Waals surface area contributed by atoms with Gasteiger partial charge in [0.2, 0.25) is 0 Å². The average molecular weight is 323 g/mol. The first kappa shape index (κ1) is 16.7. The number of nitrogens with zero attached hydrogens (tertiary/aromatic N) is 2. The Kier molecular flexibility index (Phi) is 5.26. The van der Waals surface area contributed by atoms with Crippen LogP contribution in [0.15, 0.2) is 42.7 Å². The largest absolute Gasteiger partial charge is 0.349 e. The van der Waals surface area contributed by atoms with Crippen molar-refractivity contribution >= 4 is 5.91 Å². The van der Waals surface area contributed by atoms with Crippen molar-refractivity contribution in [1.29, 1.82) is 0 Å². The molecule has 1 saturated heterocycles. The maximum atomic E-state index is 12.5. The lowest BCUT2D eigenvalue weighted by molar-refractivity contribution is 0.0908. The number of aryl methyl sites for hydroxylation is 2. The summed E-state index contributed by atoms with van der Waals surface area (Å²) in [7, 11) is 0. The number of benzene rings is 1. The van der Waals surface area contributed by atoms with Crippen molar-refractivity contribution in [3.05, 3.63) is 65.0 Å². The Morgan fingerprint density at radius 2 is 1.75 bits per heavy atom. The van der Waals surface area contributed by atoms with Crippen LogP contribution in [0.5, 0.6) is 0 Å². The summed E-state index contributed by atoms with van der Waals surface area (Å²) in [5.41, 5.74) is 4.33. The normalized spacial score (nSPS) is 16.1. The van der Waals surface area contributed by atoms with Crippen LogP contribution in [0.25, 0.3) is 0 Å². The molecular weight excluding hydrogens is 298 g/mol. The lowest BCUT2D eigenvalue weighted by atomic mass is 10.0. The van der Waals surface area contributed by atoms with E-state index in [-0.39, 0.29) is 11.9 Å². The lowest BCUT2D eigenvalue weighted by Crippen LogP contribution is -2.44. The highest BCUT2D eigenvalue weighted by atomic mass is 16.1. The zero-order chi connectivity index (χ0) is 16.9. The fourth-order valence-electron chi connectivity index (χ4n) is 3.36. The molecule has 0 radical (unpaired) electrons. The highest BCUT2D eigenvalue weighted by molar-refractivity contribution is 5.94. The smallest absolute Gasteiger partial charge is 0.251 e. The number of hydrogen-bond acceptors (Lipinski definition) is 3. The Balaban J connectivity index is 1.51. The number of carbonyl (C=O) groups excluding carboxylic acids is 1. The quantitative estimate of drug-likeness (QED) is 0.940. The van der Waals surface area contributed by atoms with Crippen molar-refractivity contribution in [3.63, 3.8) is 0 Å². The van der Waals surface area contributed by atoms with Gasteiger partial charge in [0.15, 0.2) is 0 Å². The van der Waals surface area contributed by atoms with Gasteiger partial charge in [-0.05, 0) is 56.5 Å². The van der Waals surface area contributed by atoms with E-state index in [0.717, 1.165) is 49.2 Å². The third-order valence-electron chi connectivity index (χ3n) is 4.56. The summed E-state index contributed by atoms with van der Waals surface area (Å²) in [6.45, 7) is 7.04. The van der Waals surface area contributed by atoms with E-state index in [1.165, 1.54) is 5.56 Å². The summed E-state index contributed by atoms with van der Waals surface area (Å²) in [5.74, 6) is 0.0504. The van der Waals surface area contributed by atoms with Gasteiger partial charge in [-0.1, -0.05) is 17.2 Å². The van der Waals surface area contributed by atoms with E-state index in [2.05, 4.69) is 33.4 Å². The van der Waals surface area contributed by atoms with Gasteiger partial charge in [0.25, 0.3) is 5.91 Å². The minimum absolute atomic E-state index is 0.0504. The van der Waals surface area contributed by atoms with Crippen LogP contribution in [-0.4, -0.2) is 34.9 Å². The molecule has 1 amide bonds. The molecule has 1 aliphatic heterocycles. The molecule has 1 N–H and O–H groups in total. The molecule has 0 aliphatic carbocycles. The zero-order valence-corrected chi connectivity index (χ0v) is 14.5. The van der Waals surface area contributed by atoms with E-state index in [4.69, 9.17) is 0 Å². The van der Waals surface area contributed by atoms with Crippen molar-refractivity contribution in [2.24, 2.45) is 0 Å². The van der Waals surface area contributed by atoms with E-state index in [1.54, 1.807) is 0 Å². The highest BCUT2D eigenvalue weighted by Crippen LogP contribution is 2.15. The van der Waals surface area contributed by atoms with E-state index in [1.807, 2.05) is 38.4 Å². The second-order valence-electron chi connectivity index (χ2n) is 6.76. The van der Waals surface area contributed by atoms with E-state index < -0.39 is 0 Å². The first-order chi connectivity index (χ1) is 11.6. The minimum Gasteiger partial charge on any atom is -0.349 e.